The van der Waals surface area contributed by atoms with Crippen molar-refractivity contribution in [2.75, 3.05) is 11.5 Å². The van der Waals surface area contributed by atoms with Gasteiger partial charge in [-0.25, -0.2) is 14.7 Å². The molecule has 0 radical (unpaired) electrons. The number of unbranched alkanes of at least 4 members (excludes halogenated alkanes) is 6. The molecule has 6 heteroatoms. The van der Waals surface area contributed by atoms with Gasteiger partial charge in [-0.15, -0.1) is 8.67 Å². The van der Waals surface area contributed by atoms with Gasteiger partial charge in [0.05, 0.1) is 11.5 Å². The summed E-state index contributed by atoms with van der Waals surface area (Å²) in [5.41, 5.74) is 0. The Hall–Kier alpha value is -0.0100. The summed E-state index contributed by atoms with van der Waals surface area (Å²) in [4.78, 5) is 0. The minimum atomic E-state index is -4.19. The highest BCUT2D eigenvalue weighted by atomic mass is 32.3. The van der Waals surface area contributed by atoms with Crippen molar-refractivity contribution in [3.8, 4) is 0 Å². The van der Waals surface area contributed by atoms with Gasteiger partial charge in [-0.3, -0.25) is 0 Å². The first-order valence-corrected chi connectivity index (χ1v) is 9.01. The van der Waals surface area contributed by atoms with Crippen molar-refractivity contribution in [3.63, 3.8) is 0 Å². The van der Waals surface area contributed by atoms with Crippen molar-refractivity contribution in [3.05, 3.63) is 0 Å². The van der Waals surface area contributed by atoms with Gasteiger partial charge in [0.15, 0.2) is 0 Å². The molecule has 0 bridgehead atoms. The molecule has 0 aromatic heterocycles. The highest BCUT2D eigenvalue weighted by Crippen LogP contribution is 2.30. The molecular weight excluding hydrogens is 256 g/mol. The standard InChI is InChI=1S/C12H28O5S/c1-3-5-7-9-11-18(15,16-13,17-14)12-10-8-6-4-2/h13-14H,3-12H2,1-2H3. The number of hydrogen-bond acceptors (Lipinski definition) is 5. The van der Waals surface area contributed by atoms with Gasteiger partial charge < -0.3 is 0 Å². The molecule has 0 atom stereocenters. The summed E-state index contributed by atoms with van der Waals surface area (Å²) in [6.07, 6.45) is 7.14. The van der Waals surface area contributed by atoms with Crippen molar-refractivity contribution in [1.82, 2.24) is 0 Å². The van der Waals surface area contributed by atoms with E-state index in [-0.39, 0.29) is 11.5 Å². The van der Waals surface area contributed by atoms with Crippen molar-refractivity contribution in [1.29, 1.82) is 0 Å². The highest BCUT2D eigenvalue weighted by molar-refractivity contribution is 8.11. The van der Waals surface area contributed by atoms with Crippen LogP contribution in [0.5, 0.6) is 0 Å². The Balaban J connectivity index is 4.30. The fourth-order valence-corrected chi connectivity index (χ4v) is 3.93. The van der Waals surface area contributed by atoms with E-state index >= 15 is 0 Å². The maximum Gasteiger partial charge on any atom is 0.143 e. The third kappa shape index (κ3) is 6.24. The number of rotatable bonds is 12. The quantitative estimate of drug-likeness (QED) is 0.324. The van der Waals surface area contributed by atoms with Gasteiger partial charge in [0.25, 0.3) is 0 Å². The summed E-state index contributed by atoms with van der Waals surface area (Å²) in [6.45, 7) is 4.15. The third-order valence-corrected chi connectivity index (χ3v) is 5.94. The number of hydrogen-bond donors (Lipinski definition) is 2. The van der Waals surface area contributed by atoms with Crippen LogP contribution in [0.3, 0.4) is 0 Å². The van der Waals surface area contributed by atoms with Crippen LogP contribution in [0.2, 0.25) is 0 Å². The first kappa shape index (κ1) is 18.0. The van der Waals surface area contributed by atoms with Crippen molar-refractivity contribution in [2.45, 2.75) is 65.2 Å². The normalized spacial score (nSPS) is 14.3. The van der Waals surface area contributed by atoms with E-state index in [0.29, 0.717) is 12.8 Å². The lowest BCUT2D eigenvalue weighted by Crippen LogP contribution is -2.43. The Morgan fingerprint density at radius 2 is 1.17 bits per heavy atom. The molecule has 0 spiro atoms. The van der Waals surface area contributed by atoms with Crippen LogP contribution in [0.4, 0.5) is 0 Å². The minimum Gasteiger partial charge on any atom is -0.237 e. The van der Waals surface area contributed by atoms with Gasteiger partial charge in [0.1, 0.15) is 9.63 Å². The van der Waals surface area contributed by atoms with E-state index in [4.69, 9.17) is 10.5 Å². The molecular formula is C12H28O5S. The lowest BCUT2D eigenvalue weighted by molar-refractivity contribution is -0.205. The summed E-state index contributed by atoms with van der Waals surface area (Å²) in [7, 11) is -4.19. The molecule has 0 aromatic rings. The monoisotopic (exact) mass is 284 g/mol. The van der Waals surface area contributed by atoms with E-state index in [1.165, 1.54) is 0 Å². The Bertz CT molecular complexity index is 241. The molecule has 112 valence electrons. The lowest BCUT2D eigenvalue weighted by Gasteiger charge is -2.34. The summed E-state index contributed by atoms with van der Waals surface area (Å²) >= 11 is 0. The molecule has 0 heterocycles. The van der Waals surface area contributed by atoms with Crippen LogP contribution in [-0.2, 0) is 18.3 Å². The molecule has 0 aliphatic carbocycles. The van der Waals surface area contributed by atoms with E-state index in [0.717, 1.165) is 38.5 Å². The van der Waals surface area contributed by atoms with Crippen LogP contribution in [0.15, 0.2) is 0 Å². The first-order valence-electron chi connectivity index (χ1n) is 6.86. The average molecular weight is 284 g/mol. The zero-order valence-electron chi connectivity index (χ0n) is 11.6. The van der Waals surface area contributed by atoms with Gasteiger partial charge in [0, 0.05) is 0 Å². The average Bonchev–Trinajstić information content (AvgIpc) is 2.41. The second-order valence-electron chi connectivity index (χ2n) is 4.79. The largest absolute Gasteiger partial charge is 0.237 e. The van der Waals surface area contributed by atoms with Gasteiger partial charge in [-0.05, 0) is 12.8 Å². The summed E-state index contributed by atoms with van der Waals surface area (Å²) in [5, 5.41) is 17.8. The van der Waals surface area contributed by atoms with E-state index in [2.05, 4.69) is 22.5 Å². The van der Waals surface area contributed by atoms with E-state index < -0.39 is 9.63 Å². The molecule has 2 N–H and O–H groups in total. The van der Waals surface area contributed by atoms with Crippen LogP contribution in [0.1, 0.15) is 65.2 Å². The SMILES string of the molecule is CCCCCCS(=O)(CCCCCC)(OO)OO. The summed E-state index contributed by atoms with van der Waals surface area (Å²) in [6, 6.07) is 0. The Morgan fingerprint density at radius 1 is 0.778 bits per heavy atom. The molecule has 0 amide bonds. The van der Waals surface area contributed by atoms with Crippen molar-refractivity contribution in [2.24, 2.45) is 0 Å². The van der Waals surface area contributed by atoms with Crippen LogP contribution in [0.25, 0.3) is 0 Å². The van der Waals surface area contributed by atoms with E-state index in [1.807, 2.05) is 0 Å². The second-order valence-corrected chi connectivity index (χ2v) is 8.14. The minimum absolute atomic E-state index is 0.0519. The summed E-state index contributed by atoms with van der Waals surface area (Å²) in [5.74, 6) is 0.104. The molecule has 0 saturated carbocycles. The Morgan fingerprint density at radius 3 is 1.44 bits per heavy atom. The molecule has 5 nitrogen and oxygen atoms in total. The van der Waals surface area contributed by atoms with Crippen LogP contribution in [0, 0.1) is 0 Å². The second kappa shape index (κ2) is 8.98. The smallest absolute Gasteiger partial charge is 0.143 e. The zero-order valence-corrected chi connectivity index (χ0v) is 12.4. The van der Waals surface area contributed by atoms with Crippen LogP contribution in [-0.4, -0.2) is 26.2 Å². The predicted octanol–water partition coefficient (Wildman–Crippen LogP) is 3.78. The van der Waals surface area contributed by atoms with Gasteiger partial charge in [-0.1, -0.05) is 52.4 Å². The van der Waals surface area contributed by atoms with E-state index in [1.54, 1.807) is 0 Å². The predicted molar refractivity (Wildman–Crippen MR) is 73.6 cm³/mol. The highest BCUT2D eigenvalue weighted by Gasteiger charge is 2.39. The molecule has 0 aliphatic rings. The van der Waals surface area contributed by atoms with E-state index in [9.17, 15) is 4.21 Å². The molecule has 0 aliphatic heterocycles. The Labute approximate surface area is 110 Å². The fraction of sp³-hybridized carbons (Fsp3) is 1.00. The summed E-state index contributed by atoms with van der Waals surface area (Å²) < 4.78 is 20.7. The van der Waals surface area contributed by atoms with Gasteiger partial charge in [-0.2, -0.15) is 0 Å². The van der Waals surface area contributed by atoms with Gasteiger partial charge >= 0.3 is 0 Å². The molecule has 0 saturated heterocycles. The lowest BCUT2D eigenvalue weighted by atomic mass is 10.2. The van der Waals surface area contributed by atoms with Gasteiger partial charge in [0.2, 0.25) is 0 Å². The molecule has 0 unspecified atom stereocenters. The van der Waals surface area contributed by atoms with Crippen molar-refractivity contribution < 1.29 is 23.4 Å². The molecule has 18 heavy (non-hydrogen) atoms. The fourth-order valence-electron chi connectivity index (χ4n) is 1.88. The zero-order chi connectivity index (χ0) is 13.9. The van der Waals surface area contributed by atoms with Crippen molar-refractivity contribution >= 4 is 9.63 Å². The molecule has 0 fully saturated rings. The topological polar surface area (TPSA) is 76.0 Å². The van der Waals surface area contributed by atoms with Crippen LogP contribution < -0.4 is 0 Å². The Kier molecular flexibility index (Phi) is 8.98. The third-order valence-electron chi connectivity index (χ3n) is 3.12. The molecule has 0 aromatic carbocycles. The molecule has 0 rings (SSSR count). The van der Waals surface area contributed by atoms with Crippen LogP contribution >= 0.6 is 0 Å². The first-order chi connectivity index (χ1) is 8.54. The maximum absolute atomic E-state index is 12.5. The maximum atomic E-state index is 12.5.